The lowest BCUT2D eigenvalue weighted by molar-refractivity contribution is -0.274. The van der Waals surface area contributed by atoms with Gasteiger partial charge in [0.1, 0.15) is 18.2 Å². The Hall–Kier alpha value is -4.39. The minimum atomic E-state index is -4.86. The van der Waals surface area contributed by atoms with E-state index < -0.39 is 18.0 Å². The van der Waals surface area contributed by atoms with Gasteiger partial charge in [0.15, 0.2) is 0 Å². The van der Waals surface area contributed by atoms with Crippen molar-refractivity contribution < 1.29 is 27.4 Å². The molecule has 0 saturated heterocycles. The van der Waals surface area contributed by atoms with E-state index in [1.807, 2.05) is 0 Å². The molecular weight excluding hydrogens is 485 g/mol. The van der Waals surface area contributed by atoms with Crippen molar-refractivity contribution in [1.29, 1.82) is 0 Å². The molecule has 0 radical (unpaired) electrons. The number of hydrogen-bond acceptors (Lipinski definition) is 9. The second-order valence-corrected chi connectivity index (χ2v) is 7.98. The molecular formula is C22H17F3N6O3S. The number of nitrogens with zero attached hydrogens (tertiary/aromatic N) is 3. The molecule has 4 aromatic rings. The van der Waals surface area contributed by atoms with Gasteiger partial charge in [-0.15, -0.1) is 24.5 Å². The van der Waals surface area contributed by atoms with Gasteiger partial charge in [0.25, 0.3) is 5.91 Å². The van der Waals surface area contributed by atoms with Gasteiger partial charge in [-0.25, -0.2) is 0 Å². The van der Waals surface area contributed by atoms with Crippen molar-refractivity contribution in [2.24, 2.45) is 0 Å². The highest BCUT2D eigenvalue weighted by Crippen LogP contribution is 2.35. The molecule has 4 rings (SSSR count). The van der Waals surface area contributed by atoms with Gasteiger partial charge < -0.3 is 26.3 Å². The average molecular weight is 502 g/mol. The van der Waals surface area contributed by atoms with Crippen molar-refractivity contribution in [3.8, 4) is 22.8 Å². The third-order valence-corrected chi connectivity index (χ3v) is 5.27. The molecule has 0 atom stereocenters. The summed E-state index contributed by atoms with van der Waals surface area (Å²) in [5.41, 5.74) is 14.9. The van der Waals surface area contributed by atoms with Crippen LogP contribution in [0.15, 0.2) is 60.2 Å². The number of nitrogens with two attached hydrogens (primary N) is 2. The van der Waals surface area contributed by atoms with Crippen LogP contribution in [-0.2, 0) is 6.61 Å². The van der Waals surface area contributed by atoms with Crippen LogP contribution in [0.25, 0.3) is 11.1 Å². The van der Waals surface area contributed by atoms with E-state index in [4.69, 9.17) is 16.2 Å². The molecule has 0 aliphatic rings. The molecule has 0 fully saturated rings. The molecule has 9 nitrogen and oxygen atoms in total. The summed E-state index contributed by atoms with van der Waals surface area (Å²) in [5.74, 6) is -0.873. The van der Waals surface area contributed by atoms with Crippen LogP contribution in [0.2, 0.25) is 0 Å². The predicted molar refractivity (Wildman–Crippen MR) is 124 cm³/mol. The number of nitrogen functional groups attached to an aromatic ring is 2. The Labute approximate surface area is 200 Å². The fourth-order valence-corrected chi connectivity index (χ4v) is 3.57. The lowest BCUT2D eigenvalue weighted by Crippen LogP contribution is -2.18. The number of halogens is 3. The summed E-state index contributed by atoms with van der Waals surface area (Å²) < 4.78 is 47.0. The second kappa shape index (κ2) is 9.85. The molecule has 1 amide bonds. The first kappa shape index (κ1) is 23.8. The van der Waals surface area contributed by atoms with Crippen LogP contribution < -0.4 is 26.3 Å². The predicted octanol–water partition coefficient (Wildman–Crippen LogP) is 4.49. The van der Waals surface area contributed by atoms with Crippen LogP contribution in [-0.4, -0.2) is 27.2 Å². The molecule has 2 heterocycles. The zero-order valence-corrected chi connectivity index (χ0v) is 18.6. The Bertz CT molecular complexity index is 1330. The normalized spacial score (nSPS) is 11.2. The van der Waals surface area contributed by atoms with Crippen molar-refractivity contribution in [2.45, 2.75) is 13.0 Å². The largest absolute Gasteiger partial charge is 0.573 e. The minimum Gasteiger partial charge on any atom is -0.471 e. The summed E-state index contributed by atoms with van der Waals surface area (Å²) in [6.45, 7) is 0.207. The second-order valence-electron chi connectivity index (χ2n) is 7.01. The number of anilines is 3. The Balaban J connectivity index is 1.51. The zero-order valence-electron chi connectivity index (χ0n) is 17.7. The van der Waals surface area contributed by atoms with E-state index in [1.165, 1.54) is 23.5 Å². The maximum absolute atomic E-state index is 12.5. The number of ether oxygens (including phenoxy) is 2. The van der Waals surface area contributed by atoms with Gasteiger partial charge in [-0.2, -0.15) is 9.97 Å². The van der Waals surface area contributed by atoms with Crippen LogP contribution in [0.3, 0.4) is 0 Å². The summed E-state index contributed by atoms with van der Waals surface area (Å²) in [4.78, 5) is 25.5. The topological polar surface area (TPSA) is 138 Å². The van der Waals surface area contributed by atoms with Gasteiger partial charge in [-0.05, 0) is 35.9 Å². The van der Waals surface area contributed by atoms with Crippen LogP contribution in [0.4, 0.5) is 30.6 Å². The Morgan fingerprint density at radius 1 is 1.09 bits per heavy atom. The number of carbonyl (C=O) groups is 1. The molecule has 0 aliphatic heterocycles. The Kier molecular flexibility index (Phi) is 6.68. The van der Waals surface area contributed by atoms with Gasteiger partial charge in [0.05, 0.1) is 16.0 Å². The highest BCUT2D eigenvalue weighted by Gasteiger charge is 2.31. The third kappa shape index (κ3) is 6.14. The van der Waals surface area contributed by atoms with Crippen LogP contribution in [0.1, 0.15) is 15.2 Å². The van der Waals surface area contributed by atoms with E-state index in [1.54, 1.807) is 36.0 Å². The first-order chi connectivity index (χ1) is 16.7. The molecule has 2 aromatic heterocycles. The maximum Gasteiger partial charge on any atom is 0.573 e. The van der Waals surface area contributed by atoms with Crippen LogP contribution in [0.5, 0.6) is 11.6 Å². The van der Waals surface area contributed by atoms with Gasteiger partial charge in [0, 0.05) is 17.4 Å². The summed E-state index contributed by atoms with van der Waals surface area (Å²) in [5, 5.41) is 2.61. The molecule has 0 aliphatic carbocycles. The van der Waals surface area contributed by atoms with Crippen molar-refractivity contribution in [2.75, 3.05) is 16.8 Å². The first-order valence-electron chi connectivity index (χ1n) is 9.89. The van der Waals surface area contributed by atoms with E-state index in [9.17, 15) is 18.0 Å². The first-order valence-corrected chi connectivity index (χ1v) is 10.8. The number of alkyl halides is 3. The van der Waals surface area contributed by atoms with Crippen LogP contribution >= 0.6 is 11.3 Å². The number of rotatable bonds is 7. The lowest BCUT2D eigenvalue weighted by Gasteiger charge is -2.13. The van der Waals surface area contributed by atoms with Crippen molar-refractivity contribution in [3.05, 3.63) is 70.7 Å². The van der Waals surface area contributed by atoms with E-state index in [2.05, 4.69) is 25.0 Å². The SMILES string of the molecule is Nc1nc(N)c(-c2ccc(NC(=O)c3cccc(OC(F)(F)F)c3)cc2)c(OCc2cncs2)n1. The minimum absolute atomic E-state index is 0.00856. The summed E-state index contributed by atoms with van der Waals surface area (Å²) in [7, 11) is 0. The number of nitrogens with one attached hydrogen (secondary N) is 1. The van der Waals surface area contributed by atoms with E-state index >= 15 is 0 Å². The fraction of sp³-hybridized carbons (Fsp3) is 0.0909. The molecule has 0 unspecified atom stereocenters. The zero-order chi connectivity index (χ0) is 25.0. The number of hydrogen-bond donors (Lipinski definition) is 3. The third-order valence-electron chi connectivity index (χ3n) is 4.52. The van der Waals surface area contributed by atoms with Crippen molar-refractivity contribution >= 4 is 34.7 Å². The fourth-order valence-electron chi connectivity index (χ4n) is 3.06. The van der Waals surface area contributed by atoms with Gasteiger partial charge in [0.2, 0.25) is 11.8 Å². The number of carbonyl (C=O) groups excluding carboxylic acids is 1. The number of aromatic nitrogens is 3. The quantitative estimate of drug-likeness (QED) is 0.336. The van der Waals surface area contributed by atoms with Crippen LogP contribution in [0, 0.1) is 0 Å². The Morgan fingerprint density at radius 2 is 1.86 bits per heavy atom. The maximum atomic E-state index is 12.5. The molecule has 35 heavy (non-hydrogen) atoms. The Morgan fingerprint density at radius 3 is 2.54 bits per heavy atom. The monoisotopic (exact) mass is 502 g/mol. The highest BCUT2D eigenvalue weighted by molar-refractivity contribution is 7.09. The molecule has 0 spiro atoms. The summed E-state index contributed by atoms with van der Waals surface area (Å²) >= 11 is 1.42. The standard InChI is InChI=1S/C22H17F3N6O3S/c23-22(24,25)34-15-3-1-2-13(8-15)19(32)29-14-6-4-12(5-7-14)17-18(26)30-21(27)31-20(17)33-10-16-9-28-11-35-16/h1-9,11H,10H2,(H,29,32)(H4,26,27,30,31). The van der Waals surface area contributed by atoms with Gasteiger partial charge in [-0.1, -0.05) is 18.2 Å². The number of amides is 1. The van der Waals surface area contributed by atoms with Gasteiger partial charge in [-0.3, -0.25) is 9.78 Å². The average Bonchev–Trinajstić information content (AvgIpc) is 3.31. The number of benzene rings is 2. The van der Waals surface area contributed by atoms with E-state index in [0.29, 0.717) is 16.8 Å². The molecule has 0 bridgehead atoms. The highest BCUT2D eigenvalue weighted by atomic mass is 32.1. The summed E-state index contributed by atoms with van der Waals surface area (Å²) in [6.07, 6.45) is -3.19. The number of thiazole rings is 1. The molecule has 2 aromatic carbocycles. The van der Waals surface area contributed by atoms with Crippen molar-refractivity contribution in [3.63, 3.8) is 0 Å². The lowest BCUT2D eigenvalue weighted by atomic mass is 10.1. The van der Waals surface area contributed by atoms with E-state index in [-0.39, 0.29) is 29.8 Å². The summed E-state index contributed by atoms with van der Waals surface area (Å²) in [6, 6.07) is 11.2. The molecule has 0 saturated carbocycles. The van der Waals surface area contributed by atoms with E-state index in [0.717, 1.165) is 17.0 Å². The molecule has 5 N–H and O–H groups in total. The van der Waals surface area contributed by atoms with Gasteiger partial charge >= 0.3 is 6.36 Å². The molecule has 180 valence electrons. The van der Waals surface area contributed by atoms with Crippen molar-refractivity contribution in [1.82, 2.24) is 15.0 Å². The smallest absolute Gasteiger partial charge is 0.471 e. The molecule has 13 heteroatoms.